The lowest BCUT2D eigenvalue weighted by atomic mass is 10.0. The molecule has 116 valence electrons. The van der Waals surface area contributed by atoms with Crippen molar-refractivity contribution in [2.24, 2.45) is 0 Å². The molecular weight excluding hydrogens is 288 g/mol. The first kappa shape index (κ1) is 15.0. The Bertz CT molecular complexity index is 749. The third-order valence-electron chi connectivity index (χ3n) is 3.74. The van der Waals surface area contributed by atoms with Crippen molar-refractivity contribution in [3.63, 3.8) is 0 Å². The molecule has 0 unspecified atom stereocenters. The Hall–Kier alpha value is -2.88. The van der Waals surface area contributed by atoms with Crippen LogP contribution in [-0.4, -0.2) is 23.4 Å². The van der Waals surface area contributed by atoms with Crippen molar-refractivity contribution in [2.45, 2.75) is 13.3 Å². The summed E-state index contributed by atoms with van der Waals surface area (Å²) in [7, 11) is 0. The van der Waals surface area contributed by atoms with Crippen molar-refractivity contribution in [3.8, 4) is 11.1 Å². The molecule has 0 aliphatic carbocycles. The average molecular weight is 306 g/mol. The van der Waals surface area contributed by atoms with Crippen molar-refractivity contribution < 1.29 is 9.59 Å². The van der Waals surface area contributed by atoms with E-state index in [9.17, 15) is 9.59 Å². The van der Waals surface area contributed by atoms with Crippen LogP contribution in [0.2, 0.25) is 0 Å². The molecule has 1 N–H and O–H groups in total. The molecule has 0 bridgehead atoms. The van der Waals surface area contributed by atoms with E-state index in [1.807, 2.05) is 49.4 Å². The standard InChI is InChI=1S/C19H18N2O2/c1-2-12-21-18(22)17(20-19(21)23)13-14-8-10-16(11-9-14)15-6-4-3-5-7-15/h3-11,13H,2,12H2,1H3,(H,20,23). The highest BCUT2D eigenvalue weighted by molar-refractivity contribution is 6.13. The van der Waals surface area contributed by atoms with Crippen LogP contribution in [0.1, 0.15) is 18.9 Å². The molecule has 1 saturated heterocycles. The molecule has 4 nitrogen and oxygen atoms in total. The van der Waals surface area contributed by atoms with Crippen molar-refractivity contribution in [2.75, 3.05) is 6.54 Å². The van der Waals surface area contributed by atoms with E-state index >= 15 is 0 Å². The van der Waals surface area contributed by atoms with Crippen LogP contribution in [0.4, 0.5) is 4.79 Å². The topological polar surface area (TPSA) is 49.4 Å². The molecule has 1 heterocycles. The van der Waals surface area contributed by atoms with E-state index in [0.717, 1.165) is 23.1 Å². The molecule has 0 spiro atoms. The average Bonchev–Trinajstić information content (AvgIpc) is 2.84. The van der Waals surface area contributed by atoms with Crippen molar-refractivity contribution in [1.82, 2.24) is 10.2 Å². The quantitative estimate of drug-likeness (QED) is 0.692. The lowest BCUT2D eigenvalue weighted by Gasteiger charge is -2.08. The number of imide groups is 1. The molecule has 3 rings (SSSR count). The number of nitrogens with one attached hydrogen (secondary N) is 1. The molecule has 0 aromatic heterocycles. The fourth-order valence-corrected chi connectivity index (χ4v) is 2.57. The first-order chi connectivity index (χ1) is 11.2. The van der Waals surface area contributed by atoms with Gasteiger partial charge in [-0.3, -0.25) is 9.69 Å². The zero-order valence-corrected chi connectivity index (χ0v) is 13.0. The second-order valence-corrected chi connectivity index (χ2v) is 5.43. The molecule has 3 amide bonds. The summed E-state index contributed by atoms with van der Waals surface area (Å²) in [6.45, 7) is 2.37. The minimum Gasteiger partial charge on any atom is -0.303 e. The highest BCUT2D eigenvalue weighted by atomic mass is 16.2. The Balaban J connectivity index is 1.81. The molecule has 2 aromatic carbocycles. The molecule has 1 fully saturated rings. The molecule has 0 saturated carbocycles. The number of benzene rings is 2. The maximum atomic E-state index is 12.2. The summed E-state index contributed by atoms with van der Waals surface area (Å²) in [6, 6.07) is 17.6. The summed E-state index contributed by atoms with van der Waals surface area (Å²) >= 11 is 0. The van der Waals surface area contributed by atoms with Gasteiger partial charge in [0.2, 0.25) is 0 Å². The van der Waals surface area contributed by atoms with Gasteiger partial charge in [0.05, 0.1) is 0 Å². The third-order valence-corrected chi connectivity index (χ3v) is 3.74. The van der Waals surface area contributed by atoms with Gasteiger partial charge in [-0.05, 0) is 29.2 Å². The molecule has 0 atom stereocenters. The van der Waals surface area contributed by atoms with Crippen molar-refractivity contribution in [1.29, 1.82) is 0 Å². The number of nitrogens with zero attached hydrogens (tertiary/aromatic N) is 1. The van der Waals surface area contributed by atoms with E-state index in [4.69, 9.17) is 0 Å². The first-order valence-corrected chi connectivity index (χ1v) is 7.69. The number of carbonyl (C=O) groups is 2. The number of urea groups is 1. The largest absolute Gasteiger partial charge is 0.329 e. The van der Waals surface area contributed by atoms with E-state index < -0.39 is 0 Å². The summed E-state index contributed by atoms with van der Waals surface area (Å²) in [5.74, 6) is -0.260. The van der Waals surface area contributed by atoms with Gasteiger partial charge in [-0.15, -0.1) is 0 Å². The second-order valence-electron chi connectivity index (χ2n) is 5.43. The van der Waals surface area contributed by atoms with Gasteiger partial charge in [0, 0.05) is 6.54 Å². The fraction of sp³-hybridized carbons (Fsp3) is 0.158. The Morgan fingerprint density at radius 2 is 1.61 bits per heavy atom. The summed E-state index contributed by atoms with van der Waals surface area (Å²) in [6.07, 6.45) is 2.46. The van der Waals surface area contributed by atoms with Gasteiger partial charge in [-0.2, -0.15) is 0 Å². The fourth-order valence-electron chi connectivity index (χ4n) is 2.57. The monoisotopic (exact) mass is 306 g/mol. The molecule has 0 radical (unpaired) electrons. The predicted octanol–water partition coefficient (Wildman–Crippen LogP) is 3.66. The highest BCUT2D eigenvalue weighted by Gasteiger charge is 2.32. The smallest absolute Gasteiger partial charge is 0.303 e. The summed E-state index contributed by atoms with van der Waals surface area (Å²) in [4.78, 5) is 25.2. The van der Waals surface area contributed by atoms with Crippen LogP contribution >= 0.6 is 0 Å². The number of hydrogen-bond donors (Lipinski definition) is 1. The maximum absolute atomic E-state index is 12.2. The van der Waals surface area contributed by atoms with Crippen LogP contribution in [0.15, 0.2) is 60.3 Å². The number of amides is 3. The van der Waals surface area contributed by atoms with E-state index in [1.54, 1.807) is 6.08 Å². The van der Waals surface area contributed by atoms with E-state index in [1.165, 1.54) is 4.90 Å². The van der Waals surface area contributed by atoms with Gasteiger partial charge in [0.25, 0.3) is 5.91 Å². The number of hydrogen-bond acceptors (Lipinski definition) is 2. The van der Waals surface area contributed by atoms with E-state index in [0.29, 0.717) is 12.2 Å². The minimum absolute atomic E-state index is 0.260. The summed E-state index contributed by atoms with van der Waals surface area (Å²) in [5.41, 5.74) is 3.47. The van der Waals surface area contributed by atoms with Gasteiger partial charge in [-0.1, -0.05) is 61.5 Å². The lowest BCUT2D eigenvalue weighted by Crippen LogP contribution is -2.31. The lowest BCUT2D eigenvalue weighted by molar-refractivity contribution is -0.122. The predicted molar refractivity (Wildman–Crippen MR) is 90.4 cm³/mol. The Morgan fingerprint density at radius 3 is 2.26 bits per heavy atom. The zero-order valence-electron chi connectivity index (χ0n) is 13.0. The molecule has 4 heteroatoms. The minimum atomic E-state index is -0.344. The van der Waals surface area contributed by atoms with Gasteiger partial charge < -0.3 is 5.32 Å². The van der Waals surface area contributed by atoms with E-state index in [2.05, 4.69) is 17.4 Å². The SMILES string of the molecule is CCCN1C(=O)NC(=Cc2ccc(-c3ccccc3)cc2)C1=O. The van der Waals surface area contributed by atoms with Gasteiger partial charge in [-0.25, -0.2) is 4.79 Å². The van der Waals surface area contributed by atoms with Crippen LogP contribution in [0, 0.1) is 0 Å². The van der Waals surface area contributed by atoms with Gasteiger partial charge in [0.1, 0.15) is 5.70 Å². The molecule has 1 aliphatic rings. The Labute approximate surface area is 135 Å². The normalized spacial score (nSPS) is 16.0. The van der Waals surface area contributed by atoms with Gasteiger partial charge in [0.15, 0.2) is 0 Å². The summed E-state index contributed by atoms with van der Waals surface area (Å²) < 4.78 is 0. The van der Waals surface area contributed by atoms with Crippen LogP contribution in [0.25, 0.3) is 17.2 Å². The van der Waals surface area contributed by atoms with Crippen LogP contribution in [-0.2, 0) is 4.79 Å². The third kappa shape index (κ3) is 3.16. The van der Waals surface area contributed by atoms with Gasteiger partial charge >= 0.3 is 6.03 Å². The summed E-state index contributed by atoms with van der Waals surface area (Å²) in [5, 5.41) is 2.63. The van der Waals surface area contributed by atoms with Crippen LogP contribution in [0.3, 0.4) is 0 Å². The molecule has 1 aliphatic heterocycles. The zero-order chi connectivity index (χ0) is 16.2. The van der Waals surface area contributed by atoms with Crippen LogP contribution in [0.5, 0.6) is 0 Å². The Kier molecular flexibility index (Phi) is 4.24. The van der Waals surface area contributed by atoms with Crippen molar-refractivity contribution >= 4 is 18.0 Å². The number of rotatable bonds is 4. The highest BCUT2D eigenvalue weighted by Crippen LogP contribution is 2.21. The van der Waals surface area contributed by atoms with E-state index in [-0.39, 0.29) is 11.9 Å². The maximum Gasteiger partial charge on any atom is 0.329 e. The Morgan fingerprint density at radius 1 is 0.957 bits per heavy atom. The first-order valence-electron chi connectivity index (χ1n) is 7.69. The van der Waals surface area contributed by atoms with Crippen molar-refractivity contribution in [3.05, 3.63) is 65.9 Å². The second kappa shape index (κ2) is 6.48. The number of carbonyl (C=O) groups excluding carboxylic acids is 2. The van der Waals surface area contributed by atoms with Crippen LogP contribution < -0.4 is 5.32 Å². The molecule has 2 aromatic rings. The molecular formula is C19H18N2O2. The molecule has 23 heavy (non-hydrogen) atoms.